The smallest absolute Gasteiger partial charge is 0.381 e. The van der Waals surface area contributed by atoms with Crippen molar-refractivity contribution in [2.45, 2.75) is 51.2 Å². The third kappa shape index (κ3) is 6.00. The molecule has 2 fully saturated rings. The van der Waals surface area contributed by atoms with E-state index in [1.165, 1.54) is 38.1 Å². The number of likely N-dealkylation sites (tertiary alicyclic amines) is 1. The summed E-state index contributed by atoms with van der Waals surface area (Å²) >= 11 is 0. The number of carbonyl (C=O) groups is 1. The average molecular weight is 465 g/mol. The van der Waals surface area contributed by atoms with Crippen molar-refractivity contribution in [3.05, 3.63) is 30.1 Å². The molecular formula is C24H31F3N4O2. The summed E-state index contributed by atoms with van der Waals surface area (Å²) < 4.78 is 44.7. The Balaban J connectivity index is 1.23. The van der Waals surface area contributed by atoms with Crippen molar-refractivity contribution in [1.82, 2.24) is 14.9 Å². The highest BCUT2D eigenvalue weighted by molar-refractivity contribution is 5.91. The highest BCUT2D eigenvalue weighted by atomic mass is 19.4. The first-order valence-electron chi connectivity index (χ1n) is 11.7. The number of anilines is 1. The molecular weight excluding hydrogens is 433 g/mol. The number of halogens is 3. The van der Waals surface area contributed by atoms with Crippen LogP contribution in [0.2, 0.25) is 0 Å². The molecule has 180 valence electrons. The first-order valence-corrected chi connectivity index (χ1v) is 11.7. The van der Waals surface area contributed by atoms with Gasteiger partial charge >= 0.3 is 6.18 Å². The zero-order valence-corrected chi connectivity index (χ0v) is 18.9. The molecule has 0 atom stereocenters. The van der Waals surface area contributed by atoms with E-state index < -0.39 is 11.7 Å². The van der Waals surface area contributed by atoms with Crippen LogP contribution in [0.3, 0.4) is 0 Å². The van der Waals surface area contributed by atoms with E-state index in [1.54, 1.807) is 0 Å². The fourth-order valence-electron chi connectivity index (χ4n) is 4.95. The van der Waals surface area contributed by atoms with Crippen LogP contribution in [0, 0.1) is 11.8 Å². The normalized spacial score (nSPS) is 22.3. The van der Waals surface area contributed by atoms with E-state index in [0.717, 1.165) is 38.4 Å². The van der Waals surface area contributed by atoms with E-state index in [2.05, 4.69) is 20.2 Å². The number of rotatable bonds is 9. The Morgan fingerprint density at radius 3 is 2.61 bits per heavy atom. The summed E-state index contributed by atoms with van der Waals surface area (Å²) in [6, 6.07) is 3.95. The van der Waals surface area contributed by atoms with Crippen molar-refractivity contribution >= 4 is 22.5 Å². The van der Waals surface area contributed by atoms with Crippen LogP contribution in [0.1, 0.15) is 44.6 Å². The SMILES string of the molecule is CCOCC1CCC(N2CC(CC(=O)CNc3ncnc4ccc(C(F)(F)F)cc34)C2)CC1. The summed E-state index contributed by atoms with van der Waals surface area (Å²) in [7, 11) is 0. The highest BCUT2D eigenvalue weighted by Crippen LogP contribution is 2.34. The maximum atomic E-state index is 13.1. The van der Waals surface area contributed by atoms with E-state index in [9.17, 15) is 18.0 Å². The van der Waals surface area contributed by atoms with Gasteiger partial charge < -0.3 is 10.1 Å². The van der Waals surface area contributed by atoms with Gasteiger partial charge in [-0.15, -0.1) is 0 Å². The quantitative estimate of drug-likeness (QED) is 0.588. The summed E-state index contributed by atoms with van der Waals surface area (Å²) in [5.41, 5.74) is -0.362. The average Bonchev–Trinajstić information content (AvgIpc) is 2.78. The molecule has 1 aliphatic heterocycles. The van der Waals surface area contributed by atoms with Crippen LogP contribution in [0.15, 0.2) is 24.5 Å². The van der Waals surface area contributed by atoms with Gasteiger partial charge in [-0.25, -0.2) is 9.97 Å². The summed E-state index contributed by atoms with van der Waals surface area (Å²) in [6.45, 7) is 5.60. The van der Waals surface area contributed by atoms with Gasteiger partial charge in [0.2, 0.25) is 0 Å². The van der Waals surface area contributed by atoms with Crippen molar-refractivity contribution in [2.75, 3.05) is 38.2 Å². The molecule has 1 saturated heterocycles. The van der Waals surface area contributed by atoms with E-state index in [4.69, 9.17) is 4.74 Å². The van der Waals surface area contributed by atoms with Crippen LogP contribution in [-0.4, -0.2) is 59.5 Å². The van der Waals surface area contributed by atoms with Crippen molar-refractivity contribution < 1.29 is 22.7 Å². The van der Waals surface area contributed by atoms with Crippen LogP contribution < -0.4 is 5.32 Å². The highest BCUT2D eigenvalue weighted by Gasteiger charge is 2.35. The number of hydrogen-bond acceptors (Lipinski definition) is 6. The molecule has 4 rings (SSSR count). The fourth-order valence-corrected chi connectivity index (χ4v) is 4.95. The Kier molecular flexibility index (Phi) is 7.48. The number of Topliss-reactive ketones (excluding diaryl/α,β-unsaturated/α-hetero) is 1. The third-order valence-electron chi connectivity index (χ3n) is 6.81. The number of benzene rings is 1. The molecule has 2 aliphatic rings. The number of alkyl halides is 3. The maximum Gasteiger partial charge on any atom is 0.416 e. The molecule has 1 aromatic carbocycles. The number of nitrogens with one attached hydrogen (secondary N) is 1. The van der Waals surface area contributed by atoms with Gasteiger partial charge in [0.25, 0.3) is 0 Å². The molecule has 9 heteroatoms. The number of hydrogen-bond donors (Lipinski definition) is 1. The summed E-state index contributed by atoms with van der Waals surface area (Å²) in [5, 5.41) is 3.18. The van der Waals surface area contributed by atoms with Crippen molar-refractivity contribution in [3.63, 3.8) is 0 Å². The lowest BCUT2D eigenvalue weighted by molar-refractivity contribution is -0.137. The van der Waals surface area contributed by atoms with Gasteiger partial charge in [0.1, 0.15) is 12.1 Å². The van der Waals surface area contributed by atoms with Gasteiger partial charge in [0.05, 0.1) is 17.6 Å². The Morgan fingerprint density at radius 2 is 1.91 bits per heavy atom. The summed E-state index contributed by atoms with van der Waals surface area (Å²) in [5.74, 6) is 1.31. The van der Waals surface area contributed by atoms with Gasteiger partial charge in [0.15, 0.2) is 5.78 Å². The van der Waals surface area contributed by atoms with Gasteiger partial charge in [-0.2, -0.15) is 13.2 Å². The zero-order valence-electron chi connectivity index (χ0n) is 18.9. The lowest BCUT2D eigenvalue weighted by Crippen LogP contribution is -2.53. The second kappa shape index (κ2) is 10.3. The van der Waals surface area contributed by atoms with E-state index >= 15 is 0 Å². The number of carbonyl (C=O) groups excluding carboxylic acids is 1. The number of nitrogens with zero attached hydrogens (tertiary/aromatic N) is 3. The molecule has 1 aromatic heterocycles. The molecule has 1 saturated carbocycles. The molecule has 0 unspecified atom stereocenters. The van der Waals surface area contributed by atoms with Crippen molar-refractivity contribution in [1.29, 1.82) is 0 Å². The molecule has 0 spiro atoms. The molecule has 1 N–H and O–H groups in total. The minimum absolute atomic E-state index is 0.0406. The standard InChI is InChI=1S/C24H31F3N4O2/c1-2-33-14-16-3-6-19(7-4-16)31-12-17(13-31)9-20(32)11-28-23-21-10-18(24(25,26)27)5-8-22(21)29-15-30-23/h5,8,10,15-17,19H,2-4,6-7,9,11-14H2,1H3,(H,28,29,30). The van der Waals surface area contributed by atoms with Crippen LogP contribution in [0.5, 0.6) is 0 Å². The Hall–Kier alpha value is -2.26. The monoisotopic (exact) mass is 464 g/mol. The zero-order chi connectivity index (χ0) is 23.4. The molecule has 0 bridgehead atoms. The predicted octanol–water partition coefficient (Wildman–Crippen LogP) is 4.55. The maximum absolute atomic E-state index is 13.1. The second-order valence-electron chi connectivity index (χ2n) is 9.20. The second-order valence-corrected chi connectivity index (χ2v) is 9.20. The lowest BCUT2D eigenvalue weighted by Gasteiger charge is -2.46. The minimum atomic E-state index is -4.45. The molecule has 2 heterocycles. The van der Waals surface area contributed by atoms with Crippen LogP contribution in [-0.2, 0) is 15.7 Å². The van der Waals surface area contributed by atoms with E-state index in [-0.39, 0.29) is 23.5 Å². The van der Waals surface area contributed by atoms with Gasteiger partial charge in [-0.1, -0.05) is 0 Å². The molecule has 6 nitrogen and oxygen atoms in total. The van der Waals surface area contributed by atoms with Crippen LogP contribution in [0.4, 0.5) is 19.0 Å². The topological polar surface area (TPSA) is 67.3 Å². The van der Waals surface area contributed by atoms with Crippen LogP contribution >= 0.6 is 0 Å². The fraction of sp³-hybridized carbons (Fsp3) is 0.625. The summed E-state index contributed by atoms with van der Waals surface area (Å²) in [4.78, 5) is 23.0. The van der Waals surface area contributed by atoms with Gasteiger partial charge in [-0.3, -0.25) is 9.69 Å². The number of aromatic nitrogens is 2. The Morgan fingerprint density at radius 1 is 1.15 bits per heavy atom. The van der Waals surface area contributed by atoms with Gasteiger partial charge in [0, 0.05) is 44.2 Å². The largest absolute Gasteiger partial charge is 0.416 e. The van der Waals surface area contributed by atoms with E-state index in [1.807, 2.05) is 6.92 Å². The molecule has 0 amide bonds. The number of fused-ring (bicyclic) bond motifs is 1. The van der Waals surface area contributed by atoms with Crippen molar-refractivity contribution in [3.8, 4) is 0 Å². The number of ketones is 1. The first kappa shape index (κ1) is 23.9. The summed E-state index contributed by atoms with van der Waals surface area (Å²) in [6.07, 6.45) is 2.11. The lowest BCUT2D eigenvalue weighted by atomic mass is 9.82. The molecule has 0 radical (unpaired) electrons. The van der Waals surface area contributed by atoms with Crippen LogP contribution in [0.25, 0.3) is 10.9 Å². The van der Waals surface area contributed by atoms with Crippen molar-refractivity contribution in [2.24, 2.45) is 11.8 Å². The predicted molar refractivity (Wildman–Crippen MR) is 120 cm³/mol. The molecule has 2 aromatic rings. The Bertz CT molecular complexity index is 954. The van der Waals surface area contributed by atoms with Gasteiger partial charge in [-0.05, 0) is 62.6 Å². The Labute approximate surface area is 191 Å². The molecule has 33 heavy (non-hydrogen) atoms. The number of ether oxygens (including phenoxy) is 1. The van der Waals surface area contributed by atoms with E-state index in [0.29, 0.717) is 29.8 Å². The third-order valence-corrected chi connectivity index (χ3v) is 6.81. The first-order chi connectivity index (χ1) is 15.8. The molecule has 1 aliphatic carbocycles. The minimum Gasteiger partial charge on any atom is -0.381 e.